The number of carbonyl (C=O) groups excluding carboxylic acids is 1. The second-order valence-electron chi connectivity index (χ2n) is 8.82. The van der Waals surface area contributed by atoms with Crippen LogP contribution in [0, 0.1) is 17.3 Å². The van der Waals surface area contributed by atoms with Gasteiger partial charge in [-0.15, -0.1) is 0 Å². The highest BCUT2D eigenvalue weighted by Crippen LogP contribution is 2.57. The van der Waals surface area contributed by atoms with Crippen molar-refractivity contribution in [2.24, 2.45) is 17.3 Å². The van der Waals surface area contributed by atoms with E-state index in [1.165, 1.54) is 6.08 Å². The summed E-state index contributed by atoms with van der Waals surface area (Å²) in [5.41, 5.74) is -0.730. The number of esters is 1. The fourth-order valence-corrected chi connectivity index (χ4v) is 4.34. The van der Waals surface area contributed by atoms with Crippen molar-refractivity contribution in [2.75, 3.05) is 6.61 Å². The minimum atomic E-state index is -1.77. The Morgan fingerprint density at radius 1 is 1.45 bits per heavy atom. The third kappa shape index (κ3) is 3.67. The predicted octanol–water partition coefficient (Wildman–Crippen LogP) is 3.61. The number of allylic oxidation sites excluding steroid dienone is 5. The van der Waals surface area contributed by atoms with E-state index in [4.69, 9.17) is 9.47 Å². The van der Waals surface area contributed by atoms with Gasteiger partial charge >= 0.3 is 5.97 Å². The molecule has 3 rings (SSSR count). The molecule has 0 unspecified atom stereocenters. The maximum absolute atomic E-state index is 12.3. The molecule has 158 valence electrons. The molecule has 0 radical (unpaired) electrons. The van der Waals surface area contributed by atoms with E-state index in [1.807, 2.05) is 38.2 Å². The topological polar surface area (TPSA) is 76.0 Å². The number of aliphatic hydroxyl groups is 2. The van der Waals surface area contributed by atoms with E-state index in [0.717, 1.165) is 12.0 Å². The zero-order valence-electron chi connectivity index (χ0n) is 17.7. The molecule has 29 heavy (non-hydrogen) atoms. The maximum Gasteiger partial charge on any atom is 0.331 e. The van der Waals surface area contributed by atoms with Gasteiger partial charge in [0.1, 0.15) is 11.7 Å². The van der Waals surface area contributed by atoms with E-state index in [9.17, 15) is 15.0 Å². The summed E-state index contributed by atoms with van der Waals surface area (Å²) in [6, 6.07) is 0. The van der Waals surface area contributed by atoms with Gasteiger partial charge in [-0.2, -0.15) is 0 Å². The number of hydrogen-bond donors (Lipinski definition) is 2. The molecule has 5 heteroatoms. The molecular formula is C24H32O5. The van der Waals surface area contributed by atoms with Crippen LogP contribution in [0.1, 0.15) is 40.5 Å². The summed E-state index contributed by atoms with van der Waals surface area (Å²) >= 11 is 0. The number of rotatable bonds is 5. The molecule has 1 aliphatic heterocycles. The van der Waals surface area contributed by atoms with Gasteiger partial charge in [0.05, 0.1) is 6.61 Å². The molecule has 0 aromatic heterocycles. The van der Waals surface area contributed by atoms with Gasteiger partial charge in [-0.25, -0.2) is 4.79 Å². The summed E-state index contributed by atoms with van der Waals surface area (Å²) in [6.45, 7) is 12.2. The molecule has 1 fully saturated rings. The third-order valence-electron chi connectivity index (χ3n) is 6.92. The van der Waals surface area contributed by atoms with Crippen LogP contribution in [0.4, 0.5) is 0 Å². The van der Waals surface area contributed by atoms with E-state index in [1.54, 1.807) is 12.2 Å². The predicted molar refractivity (Wildman–Crippen MR) is 112 cm³/mol. The van der Waals surface area contributed by atoms with Crippen molar-refractivity contribution in [3.8, 4) is 0 Å². The van der Waals surface area contributed by atoms with Gasteiger partial charge < -0.3 is 19.7 Å². The minimum Gasteiger partial charge on any atom is -0.455 e. The van der Waals surface area contributed by atoms with Gasteiger partial charge in [0.2, 0.25) is 5.79 Å². The molecule has 0 amide bonds. The van der Waals surface area contributed by atoms with Crippen LogP contribution in [0.5, 0.6) is 0 Å². The van der Waals surface area contributed by atoms with Gasteiger partial charge in [0.15, 0.2) is 0 Å². The zero-order chi connectivity index (χ0) is 21.4. The van der Waals surface area contributed by atoms with Gasteiger partial charge in [-0.1, -0.05) is 65.0 Å². The average Bonchev–Trinajstić information content (AvgIpc) is 2.90. The summed E-state index contributed by atoms with van der Waals surface area (Å²) in [4.78, 5) is 12.3. The van der Waals surface area contributed by atoms with E-state index < -0.39 is 28.9 Å². The van der Waals surface area contributed by atoms with Crippen LogP contribution in [-0.2, 0) is 14.3 Å². The Kier molecular flexibility index (Phi) is 5.78. The van der Waals surface area contributed by atoms with Crippen LogP contribution in [0.2, 0.25) is 0 Å². The second-order valence-corrected chi connectivity index (χ2v) is 8.82. The van der Waals surface area contributed by atoms with Crippen LogP contribution in [0.3, 0.4) is 0 Å². The smallest absolute Gasteiger partial charge is 0.331 e. The van der Waals surface area contributed by atoms with Gasteiger partial charge in [0, 0.05) is 17.4 Å². The van der Waals surface area contributed by atoms with Crippen molar-refractivity contribution in [1.29, 1.82) is 0 Å². The van der Waals surface area contributed by atoms with E-state index in [-0.39, 0.29) is 18.9 Å². The molecule has 3 aliphatic rings. The highest BCUT2D eigenvalue weighted by Gasteiger charge is 2.63. The van der Waals surface area contributed by atoms with Crippen molar-refractivity contribution < 1.29 is 24.5 Å². The lowest BCUT2D eigenvalue weighted by atomic mass is 9.56. The highest BCUT2D eigenvalue weighted by atomic mass is 16.6. The number of carbonyl (C=O) groups is 1. The molecule has 2 N–H and O–H groups in total. The number of fused-ring (bicyclic) bond motifs is 2. The summed E-state index contributed by atoms with van der Waals surface area (Å²) in [7, 11) is 0. The summed E-state index contributed by atoms with van der Waals surface area (Å²) in [5.74, 6) is -1.81. The SMILES string of the molecule is C=C1CO[C@@]2(O)C=C3C=C[C@H](OC(=O)/C=C/C=C/[C@@H](C)CC)[C@H](C)[C@@]3(C)C[C@@]12O. The third-order valence-corrected chi connectivity index (χ3v) is 6.92. The van der Waals surface area contributed by atoms with Crippen molar-refractivity contribution in [1.82, 2.24) is 0 Å². The van der Waals surface area contributed by atoms with Crippen molar-refractivity contribution in [3.05, 3.63) is 60.3 Å². The minimum absolute atomic E-state index is 0.103. The van der Waals surface area contributed by atoms with E-state index in [2.05, 4.69) is 20.4 Å². The molecular weight excluding hydrogens is 368 g/mol. The lowest BCUT2D eigenvalue weighted by molar-refractivity contribution is -0.234. The van der Waals surface area contributed by atoms with Crippen molar-refractivity contribution >= 4 is 5.97 Å². The van der Waals surface area contributed by atoms with E-state index in [0.29, 0.717) is 11.5 Å². The van der Waals surface area contributed by atoms with Crippen molar-refractivity contribution in [2.45, 2.75) is 58.0 Å². The van der Waals surface area contributed by atoms with Crippen LogP contribution in [0.25, 0.3) is 0 Å². The summed E-state index contributed by atoms with van der Waals surface area (Å²) < 4.78 is 11.1. The fraction of sp³-hybridized carbons (Fsp3) is 0.542. The molecule has 0 aromatic rings. The van der Waals surface area contributed by atoms with Crippen LogP contribution in [-0.4, -0.2) is 40.3 Å². The molecule has 1 saturated heterocycles. The molecule has 2 aliphatic carbocycles. The number of ether oxygens (including phenoxy) is 2. The lowest BCUT2D eigenvalue weighted by Gasteiger charge is -2.52. The molecule has 1 heterocycles. The summed E-state index contributed by atoms with van der Waals surface area (Å²) in [6.07, 6.45) is 13.2. The van der Waals surface area contributed by atoms with E-state index >= 15 is 0 Å². The monoisotopic (exact) mass is 400 g/mol. The first-order valence-corrected chi connectivity index (χ1v) is 10.3. The molecule has 0 bridgehead atoms. The Morgan fingerprint density at radius 3 is 2.86 bits per heavy atom. The normalized spacial score (nSPS) is 40.1. The average molecular weight is 401 g/mol. The fourth-order valence-electron chi connectivity index (χ4n) is 4.34. The van der Waals surface area contributed by atoms with Gasteiger partial charge in [-0.3, -0.25) is 0 Å². The lowest BCUT2D eigenvalue weighted by Crippen LogP contribution is -2.59. The Morgan fingerprint density at radius 2 is 2.17 bits per heavy atom. The Bertz CT molecular complexity index is 806. The Hall–Kier alpha value is -1.95. The largest absolute Gasteiger partial charge is 0.455 e. The second kappa shape index (κ2) is 7.71. The number of hydrogen-bond acceptors (Lipinski definition) is 5. The van der Waals surface area contributed by atoms with Gasteiger partial charge in [-0.05, 0) is 35.6 Å². The zero-order valence-corrected chi connectivity index (χ0v) is 17.7. The molecule has 5 nitrogen and oxygen atoms in total. The van der Waals surface area contributed by atoms with Crippen LogP contribution in [0.15, 0.2) is 60.3 Å². The van der Waals surface area contributed by atoms with Crippen molar-refractivity contribution in [3.63, 3.8) is 0 Å². The first kappa shape index (κ1) is 21.8. The Balaban J connectivity index is 1.77. The first-order chi connectivity index (χ1) is 13.6. The quantitative estimate of drug-likeness (QED) is 0.319. The van der Waals surface area contributed by atoms with Gasteiger partial charge in [0.25, 0.3) is 0 Å². The standard InChI is InChI=1S/C24H32O5/c1-6-16(2)9-7-8-10-21(25)29-20-12-11-19-13-24(27)23(26,17(3)14-28-24)15-22(19,5)18(20)4/h7-13,16,18,20,26-27H,3,6,14-15H2,1-2,4-5H3/b9-7+,10-8+/t16-,18-,20-,22+,23+,24-/m0/s1. The highest BCUT2D eigenvalue weighted by molar-refractivity contribution is 5.82. The molecule has 0 saturated carbocycles. The van der Waals surface area contributed by atoms with Crippen LogP contribution >= 0.6 is 0 Å². The molecule has 6 atom stereocenters. The molecule has 0 aromatic carbocycles. The van der Waals surface area contributed by atoms with Crippen LogP contribution < -0.4 is 0 Å². The summed E-state index contributed by atoms with van der Waals surface area (Å²) in [5, 5.41) is 22.0. The Labute approximate surface area is 173 Å². The first-order valence-electron chi connectivity index (χ1n) is 10.3. The maximum atomic E-state index is 12.3. The molecule has 0 spiro atoms.